The first-order chi connectivity index (χ1) is 17.5. The van der Waals surface area contributed by atoms with Crippen LogP contribution in [0.15, 0.2) is 41.6 Å². The lowest BCUT2D eigenvalue weighted by Gasteiger charge is -2.22. The van der Waals surface area contributed by atoms with Crippen LogP contribution in [0.25, 0.3) is 0 Å². The Hall–Kier alpha value is -3.15. The maximum Gasteiger partial charge on any atom is 0.271 e. The fourth-order valence-corrected chi connectivity index (χ4v) is 4.61. The van der Waals surface area contributed by atoms with Crippen LogP contribution in [-0.2, 0) is 11.3 Å². The minimum absolute atomic E-state index is 0.0146. The number of halogens is 2. The number of anilines is 1. The smallest absolute Gasteiger partial charge is 0.271 e. The zero-order valence-corrected chi connectivity index (χ0v) is 22.9. The van der Waals surface area contributed by atoms with Gasteiger partial charge < -0.3 is 15.2 Å². The second-order valence-corrected chi connectivity index (χ2v) is 10.3. The highest BCUT2D eigenvalue weighted by Crippen LogP contribution is 2.28. The zero-order chi connectivity index (χ0) is 27.3. The van der Waals surface area contributed by atoms with E-state index >= 15 is 0 Å². The third-order valence-corrected chi connectivity index (χ3v) is 7.22. The van der Waals surface area contributed by atoms with Crippen molar-refractivity contribution in [2.45, 2.75) is 45.4 Å². The predicted octanol–water partition coefficient (Wildman–Crippen LogP) is 5.68. The molecule has 0 fully saturated rings. The van der Waals surface area contributed by atoms with Crippen LogP contribution in [0.5, 0.6) is 0 Å². The first-order valence-corrected chi connectivity index (χ1v) is 13.1. The summed E-state index contributed by atoms with van der Waals surface area (Å²) < 4.78 is 1.84. The number of amides is 2. The normalized spacial score (nSPS) is 11.9. The SMILES string of the molecule is CCn1c(SCC(=O)Nc2cc([N+](=O)[O-])ccc2C)nnc1[C@H](NC(=O)c1ccc(Cl)c(Cl)c1)C(C)C. The van der Waals surface area contributed by atoms with E-state index in [1.165, 1.54) is 30.0 Å². The predicted molar refractivity (Wildman–Crippen MR) is 144 cm³/mol. The highest BCUT2D eigenvalue weighted by Gasteiger charge is 2.26. The molecule has 0 aliphatic carbocycles. The number of aromatic nitrogens is 3. The summed E-state index contributed by atoms with van der Waals surface area (Å²) in [5, 5.41) is 26.5. The van der Waals surface area contributed by atoms with Gasteiger partial charge in [0.25, 0.3) is 11.6 Å². The van der Waals surface area contributed by atoms with E-state index in [4.69, 9.17) is 23.2 Å². The molecule has 2 aromatic carbocycles. The van der Waals surface area contributed by atoms with Gasteiger partial charge in [0, 0.05) is 24.2 Å². The third-order valence-electron chi connectivity index (χ3n) is 5.51. The molecule has 0 bridgehead atoms. The minimum Gasteiger partial charge on any atom is -0.342 e. The molecule has 10 nitrogen and oxygen atoms in total. The monoisotopic (exact) mass is 564 g/mol. The fourth-order valence-electron chi connectivity index (χ4n) is 3.50. The van der Waals surface area contributed by atoms with E-state index in [1.54, 1.807) is 25.1 Å². The van der Waals surface area contributed by atoms with Gasteiger partial charge in [0.1, 0.15) is 0 Å². The molecule has 37 heavy (non-hydrogen) atoms. The number of rotatable bonds is 10. The molecule has 0 saturated heterocycles. The molecule has 3 aromatic rings. The lowest BCUT2D eigenvalue weighted by Crippen LogP contribution is -2.33. The number of nitrogens with zero attached hydrogens (tertiary/aromatic N) is 4. The van der Waals surface area contributed by atoms with Gasteiger partial charge in [-0.15, -0.1) is 10.2 Å². The number of nitro benzene ring substituents is 1. The van der Waals surface area contributed by atoms with E-state index in [2.05, 4.69) is 20.8 Å². The van der Waals surface area contributed by atoms with Crippen molar-refractivity contribution in [1.29, 1.82) is 0 Å². The molecule has 3 rings (SSSR count). The van der Waals surface area contributed by atoms with Crippen molar-refractivity contribution >= 4 is 58.2 Å². The summed E-state index contributed by atoms with van der Waals surface area (Å²) >= 11 is 13.2. The second kappa shape index (κ2) is 12.4. The van der Waals surface area contributed by atoms with E-state index in [-0.39, 0.29) is 34.2 Å². The Morgan fingerprint density at radius 3 is 2.49 bits per heavy atom. The summed E-state index contributed by atoms with van der Waals surface area (Å²) in [6, 6.07) is 8.50. The Morgan fingerprint density at radius 2 is 1.86 bits per heavy atom. The fraction of sp³-hybridized carbons (Fsp3) is 0.333. The standard InChI is InChI=1S/C24H26Cl2N6O4S/c1-5-31-22(21(13(2)3)28-23(34)15-7-9-17(25)18(26)10-15)29-30-24(31)37-12-20(33)27-19-11-16(32(35)36)8-6-14(19)4/h6-11,13,21H,5,12H2,1-4H3,(H,27,33)(H,28,34)/t21-/m1/s1. The molecule has 2 N–H and O–H groups in total. The number of thioether (sulfide) groups is 1. The topological polar surface area (TPSA) is 132 Å². The summed E-state index contributed by atoms with van der Waals surface area (Å²) in [5.74, 6) is -0.108. The van der Waals surface area contributed by atoms with Crippen molar-refractivity contribution in [2.24, 2.45) is 5.92 Å². The van der Waals surface area contributed by atoms with Crippen LogP contribution in [0.4, 0.5) is 11.4 Å². The molecular weight excluding hydrogens is 539 g/mol. The van der Waals surface area contributed by atoms with Gasteiger partial charge in [-0.05, 0) is 43.5 Å². The summed E-state index contributed by atoms with van der Waals surface area (Å²) in [5.41, 5.74) is 1.35. The van der Waals surface area contributed by atoms with Crippen LogP contribution in [0, 0.1) is 23.0 Å². The van der Waals surface area contributed by atoms with Crippen LogP contribution >= 0.6 is 35.0 Å². The van der Waals surface area contributed by atoms with E-state index in [9.17, 15) is 19.7 Å². The molecule has 0 unspecified atom stereocenters. The van der Waals surface area contributed by atoms with Crippen molar-refractivity contribution in [2.75, 3.05) is 11.1 Å². The highest BCUT2D eigenvalue weighted by atomic mass is 35.5. The first-order valence-electron chi connectivity index (χ1n) is 11.4. The van der Waals surface area contributed by atoms with Crippen LogP contribution in [-0.4, -0.2) is 37.3 Å². The van der Waals surface area contributed by atoms with Crippen molar-refractivity contribution in [3.63, 3.8) is 0 Å². The number of carbonyl (C=O) groups excluding carboxylic acids is 2. The molecule has 0 spiro atoms. The average molecular weight is 565 g/mol. The van der Waals surface area contributed by atoms with Crippen LogP contribution < -0.4 is 10.6 Å². The van der Waals surface area contributed by atoms with Gasteiger partial charge in [-0.2, -0.15) is 0 Å². The van der Waals surface area contributed by atoms with Gasteiger partial charge in [-0.3, -0.25) is 19.7 Å². The molecule has 196 valence electrons. The van der Waals surface area contributed by atoms with Crippen LogP contribution in [0.2, 0.25) is 10.0 Å². The number of benzene rings is 2. The molecule has 2 amide bonds. The van der Waals surface area contributed by atoms with Gasteiger partial charge in [-0.1, -0.05) is 54.9 Å². The van der Waals surface area contributed by atoms with Crippen molar-refractivity contribution in [3.05, 3.63) is 73.5 Å². The largest absolute Gasteiger partial charge is 0.342 e. The lowest BCUT2D eigenvalue weighted by molar-refractivity contribution is -0.384. The Bertz CT molecular complexity index is 1330. The molecule has 0 radical (unpaired) electrons. The molecule has 13 heteroatoms. The van der Waals surface area contributed by atoms with Gasteiger partial charge >= 0.3 is 0 Å². The zero-order valence-electron chi connectivity index (χ0n) is 20.6. The van der Waals surface area contributed by atoms with Gasteiger partial charge in [0.05, 0.1) is 32.5 Å². The van der Waals surface area contributed by atoms with E-state index in [0.717, 1.165) is 0 Å². The van der Waals surface area contributed by atoms with E-state index < -0.39 is 11.0 Å². The average Bonchev–Trinajstić information content (AvgIpc) is 3.26. The van der Waals surface area contributed by atoms with Gasteiger partial charge in [-0.25, -0.2) is 0 Å². The third kappa shape index (κ3) is 7.00. The maximum atomic E-state index is 12.9. The number of aryl methyl sites for hydroxylation is 1. The molecule has 0 saturated carbocycles. The molecule has 1 aromatic heterocycles. The minimum atomic E-state index is -0.513. The van der Waals surface area contributed by atoms with E-state index in [1.807, 2.05) is 25.3 Å². The summed E-state index contributed by atoms with van der Waals surface area (Å²) in [6.45, 7) is 8.10. The van der Waals surface area contributed by atoms with Crippen LogP contribution in [0.1, 0.15) is 48.6 Å². The Labute approximate surface area is 228 Å². The van der Waals surface area contributed by atoms with Crippen LogP contribution in [0.3, 0.4) is 0 Å². The number of nitrogens with one attached hydrogen (secondary N) is 2. The highest BCUT2D eigenvalue weighted by molar-refractivity contribution is 7.99. The summed E-state index contributed by atoms with van der Waals surface area (Å²) in [4.78, 5) is 36.0. The van der Waals surface area contributed by atoms with Crippen molar-refractivity contribution < 1.29 is 14.5 Å². The molecule has 0 aliphatic heterocycles. The van der Waals surface area contributed by atoms with Crippen molar-refractivity contribution in [3.8, 4) is 0 Å². The number of hydrogen-bond donors (Lipinski definition) is 2. The number of carbonyl (C=O) groups is 2. The molecule has 0 aliphatic rings. The Morgan fingerprint density at radius 1 is 1.14 bits per heavy atom. The van der Waals surface area contributed by atoms with Gasteiger partial charge in [0.15, 0.2) is 11.0 Å². The molecule has 1 heterocycles. The second-order valence-electron chi connectivity index (χ2n) is 8.50. The summed E-state index contributed by atoms with van der Waals surface area (Å²) in [7, 11) is 0. The van der Waals surface area contributed by atoms with Gasteiger partial charge in [0.2, 0.25) is 5.91 Å². The summed E-state index contributed by atoms with van der Waals surface area (Å²) in [6.07, 6.45) is 0. The number of non-ortho nitro benzene ring substituents is 1. The van der Waals surface area contributed by atoms with E-state index in [0.29, 0.717) is 39.4 Å². The lowest BCUT2D eigenvalue weighted by atomic mass is 10.0. The molecular formula is C24H26Cl2N6O4S. The van der Waals surface area contributed by atoms with Crippen molar-refractivity contribution in [1.82, 2.24) is 20.1 Å². The quantitative estimate of drug-likeness (QED) is 0.184. The molecule has 1 atom stereocenters. The number of nitro groups is 1. The Kier molecular flexibility index (Phi) is 9.52. The maximum absolute atomic E-state index is 12.9. The first kappa shape index (κ1) is 28.4. The number of hydrogen-bond acceptors (Lipinski definition) is 7. The Balaban J connectivity index is 1.73.